The predicted molar refractivity (Wildman–Crippen MR) is 387 cm³/mol. The number of alkyl carbamates (subject to hydrolysis) is 8. The van der Waals surface area contributed by atoms with Crippen LogP contribution in [0.1, 0.15) is 57.8 Å². The number of esters is 13. The highest BCUT2D eigenvalue weighted by Crippen LogP contribution is 2.07. The summed E-state index contributed by atoms with van der Waals surface area (Å²) < 4.78 is 97.3. The maximum absolute atomic E-state index is 12.4. The Morgan fingerprint density at radius 1 is 0.264 bits per heavy atom. The summed E-state index contributed by atoms with van der Waals surface area (Å²) in [4.78, 5) is 265. The number of hydrogen-bond acceptors (Lipinski definition) is 44. The van der Waals surface area contributed by atoms with Crippen molar-refractivity contribution in [2.45, 2.75) is 70.0 Å². The Labute approximate surface area is 686 Å². The molecule has 0 aliphatic heterocycles. The van der Waals surface area contributed by atoms with E-state index < -0.39 is 231 Å². The highest BCUT2D eigenvalue weighted by atomic mass is 16.7. The second kappa shape index (κ2) is 71.2. The topological polar surface area (TPSA) is 698 Å². The molecule has 2 unspecified atom stereocenters. The van der Waals surface area contributed by atoms with Gasteiger partial charge in [-0.15, -0.1) is 0 Å². The van der Waals surface area contributed by atoms with Crippen LogP contribution in [0.15, 0.2) is 75.9 Å². The second-order valence-corrected chi connectivity index (χ2v) is 20.7. The quantitative estimate of drug-likeness (QED) is 0.0142. The van der Waals surface area contributed by atoms with Crippen LogP contribution in [-0.2, 0) is 167 Å². The lowest BCUT2D eigenvalue weighted by atomic mass is 10.2. The van der Waals surface area contributed by atoms with Crippen LogP contribution in [0.4, 0.5) is 43.2 Å². The summed E-state index contributed by atoms with van der Waals surface area (Å²) >= 11 is 0. The van der Waals surface area contributed by atoms with Crippen molar-refractivity contribution in [1.29, 1.82) is 0 Å². The van der Waals surface area contributed by atoms with Crippen LogP contribution in [0.3, 0.4) is 0 Å². The number of rotatable bonds is 54. The number of carbonyl (C=O) groups is 23. The van der Waals surface area contributed by atoms with Crippen LogP contribution in [0.5, 0.6) is 0 Å². The average Bonchev–Trinajstić information content (AvgIpc) is 0.895. The van der Waals surface area contributed by atoms with Crippen LogP contribution >= 0.6 is 0 Å². The number of urea groups is 1. The van der Waals surface area contributed by atoms with Gasteiger partial charge in [0.25, 0.3) is 0 Å². The van der Waals surface area contributed by atoms with Crippen molar-refractivity contribution in [2.75, 3.05) is 141 Å². The summed E-state index contributed by atoms with van der Waals surface area (Å²) in [7, 11) is 3.34. The van der Waals surface area contributed by atoms with Gasteiger partial charge in [0.15, 0.2) is 12.2 Å². The van der Waals surface area contributed by atoms with E-state index in [4.69, 9.17) is 28.4 Å². The summed E-state index contributed by atoms with van der Waals surface area (Å²) in [6, 6.07) is -1.01. The minimum absolute atomic E-state index is 0.0386. The van der Waals surface area contributed by atoms with Gasteiger partial charge < -0.3 is 147 Å². The van der Waals surface area contributed by atoms with Gasteiger partial charge in [-0.2, -0.15) is 0 Å². The van der Waals surface area contributed by atoms with Crippen molar-refractivity contribution in [3.63, 3.8) is 0 Å². The van der Waals surface area contributed by atoms with E-state index >= 15 is 0 Å². The molecule has 121 heavy (non-hydrogen) atoms. The zero-order valence-corrected chi connectivity index (χ0v) is 65.4. The molecule has 0 saturated heterocycles. The van der Waals surface area contributed by atoms with Crippen LogP contribution in [0.25, 0.3) is 0 Å². The largest absolute Gasteiger partial charge is 0.462 e. The monoisotopic (exact) mass is 1740 g/mol. The lowest BCUT2D eigenvalue weighted by Crippen LogP contribution is -2.51. The third-order valence-corrected chi connectivity index (χ3v) is 12.0. The van der Waals surface area contributed by atoms with Crippen LogP contribution in [-0.4, -0.2) is 297 Å². The molecule has 11 amide bonds. The number of nitrogens with zero attached hydrogens (tertiary/aromatic N) is 1. The zero-order chi connectivity index (χ0) is 91.6. The molecule has 9 N–H and O–H groups in total. The van der Waals surface area contributed by atoms with E-state index in [9.17, 15) is 110 Å². The van der Waals surface area contributed by atoms with E-state index in [0.717, 1.165) is 57.8 Å². The molecule has 54 heteroatoms. The molecule has 0 heterocycles. The smallest absolute Gasteiger partial charge is 0.411 e. The molecular formula is C67H92N10O44. The van der Waals surface area contributed by atoms with Gasteiger partial charge in [-0.3, -0.25) is 38.4 Å². The van der Waals surface area contributed by atoms with Crippen LogP contribution < -0.4 is 47.9 Å². The molecule has 54 nitrogen and oxygen atoms in total. The van der Waals surface area contributed by atoms with Crippen molar-refractivity contribution in [1.82, 2.24) is 52.8 Å². The molecule has 674 valence electrons. The molecular weight excluding hydrogens is 1650 g/mol. The Hall–Kier alpha value is -15.3. The number of carbonyl (C=O) groups excluding carboxylic acids is 23. The number of amides is 11. The highest BCUT2D eigenvalue weighted by Gasteiger charge is 2.25. The van der Waals surface area contributed by atoms with E-state index in [1.165, 1.54) is 0 Å². The normalized spacial score (nSPS) is 10.1. The molecule has 0 fully saturated rings. The van der Waals surface area contributed by atoms with Gasteiger partial charge in [0.05, 0.1) is 66.5 Å². The number of hydrogen-bond donors (Lipinski definition) is 9. The highest BCUT2D eigenvalue weighted by molar-refractivity contribution is 5.95. The van der Waals surface area contributed by atoms with Crippen LogP contribution in [0, 0.1) is 0 Å². The van der Waals surface area contributed by atoms with E-state index in [1.54, 1.807) is 0 Å². The molecule has 0 bridgehead atoms. The standard InChI is InChI=1S/2C24H33N3O16.C19H26N4O12/c1-4-17(28)39-14-41-20(31)7-10-26-23(34)38-13-16(43-21(32)8-11-25-22(33)36-3)12-37-19(30)6-9-27-24(35)42-15-40-18(29)5-2;1-4-17(28)39-14-41-20(31)7-10-26-23(34)38-13-16(12-37-19(30)6-9-25-22(33)36-3)43-21(32)8-11-27-24(35)42-15-40-18(29)5-2;1-4-14(25)32-11-34-16(27)8-6-7-13(24)23(10-22-18(29)31-3)17(28)20-9-21-19(30)35-12-33-15(26)5-2/h2*4-5,16H,1-2,6-15H2,3H3,(H,25,33)(H,26,34)(H,27,35);4-5H,1-2,6-12H2,3H3,(H,20,28)(H,21,30)(H,22,29). The summed E-state index contributed by atoms with van der Waals surface area (Å²) in [5.41, 5.74) is 0. The summed E-state index contributed by atoms with van der Waals surface area (Å²) in [6.45, 7) is 10.5. The Bertz CT molecular complexity index is 3400. The molecule has 0 aliphatic carbocycles. The zero-order valence-electron chi connectivity index (χ0n) is 65.4. The summed E-state index contributed by atoms with van der Waals surface area (Å²) in [6.07, 6.45) is -7.35. The van der Waals surface area contributed by atoms with Gasteiger partial charge in [-0.1, -0.05) is 39.5 Å². The summed E-state index contributed by atoms with van der Waals surface area (Å²) in [5, 5.41) is 19.8. The minimum Gasteiger partial charge on any atom is -0.462 e. The first-order valence-corrected chi connectivity index (χ1v) is 34.1. The van der Waals surface area contributed by atoms with Gasteiger partial charge in [0, 0.05) is 88.6 Å². The molecule has 0 radical (unpaired) electrons. The number of imide groups is 1. The van der Waals surface area contributed by atoms with Crippen molar-refractivity contribution in [2.24, 2.45) is 0 Å². The average molecular weight is 1740 g/mol. The minimum atomic E-state index is -1.29. The Balaban J connectivity index is -0.00000174. The van der Waals surface area contributed by atoms with Crippen LogP contribution in [0.2, 0.25) is 0 Å². The molecule has 0 spiro atoms. The maximum Gasteiger partial charge on any atom is 0.411 e. The first kappa shape index (κ1) is 110. The van der Waals surface area contributed by atoms with Gasteiger partial charge in [0.2, 0.25) is 46.7 Å². The Kier molecular flexibility index (Phi) is 64.6. The van der Waals surface area contributed by atoms with Crippen molar-refractivity contribution < 1.29 is 210 Å². The molecule has 0 aromatic rings. The number of ether oxygens (including phenoxy) is 21. The predicted octanol–water partition coefficient (Wildman–Crippen LogP) is -1.72. The van der Waals surface area contributed by atoms with Crippen molar-refractivity contribution in [3.05, 3.63) is 75.9 Å². The second-order valence-electron chi connectivity index (χ2n) is 20.7. The third-order valence-electron chi connectivity index (χ3n) is 12.0. The number of methoxy groups -OCH3 is 3. The van der Waals surface area contributed by atoms with Gasteiger partial charge in [-0.05, 0) is 6.42 Å². The molecule has 2 atom stereocenters. The Morgan fingerprint density at radius 2 is 0.512 bits per heavy atom. The van der Waals surface area contributed by atoms with E-state index in [2.05, 4.69) is 158 Å². The van der Waals surface area contributed by atoms with E-state index in [-0.39, 0.29) is 97.1 Å². The molecule has 0 aromatic heterocycles. The molecule has 0 aromatic carbocycles. The van der Waals surface area contributed by atoms with Gasteiger partial charge in [-0.25, -0.2) is 76.8 Å². The lowest BCUT2D eigenvalue weighted by Gasteiger charge is -2.21. The van der Waals surface area contributed by atoms with Crippen molar-refractivity contribution in [3.8, 4) is 0 Å². The SMILES string of the molecule is C=CC(=O)OCOC(=O)CCCC(=O)N(CNC(=O)OC)C(=O)NCNC(=O)OCOC(=O)C=C.C=CC(=O)OCOC(=O)CCNC(=O)OCC(COC(=O)CCNC(=O)OC)OC(=O)CCNC(=O)OCOC(=O)C=C.C=CC(=O)OCOC(=O)CCNC(=O)OCC(COC(=O)CCNC(=O)OCOC(=O)C=C)OC(=O)CCNC(=O)OC. The first-order chi connectivity index (χ1) is 57.6. The molecule has 0 rings (SSSR count). The Morgan fingerprint density at radius 3 is 0.818 bits per heavy atom. The number of nitrogens with one attached hydrogen (secondary N) is 9. The van der Waals surface area contributed by atoms with Crippen molar-refractivity contribution >= 4 is 138 Å². The molecule has 0 aliphatic rings. The fourth-order valence-corrected chi connectivity index (χ4v) is 6.32. The third kappa shape index (κ3) is 67.7. The first-order valence-electron chi connectivity index (χ1n) is 34.1. The lowest BCUT2D eigenvalue weighted by molar-refractivity contribution is -0.165. The summed E-state index contributed by atoms with van der Waals surface area (Å²) in [5.74, 6) is -11.3. The molecule has 0 saturated carbocycles. The van der Waals surface area contributed by atoms with E-state index in [0.29, 0.717) is 4.90 Å². The van der Waals surface area contributed by atoms with Gasteiger partial charge >= 0.3 is 132 Å². The fourth-order valence-electron chi connectivity index (χ4n) is 6.32. The van der Waals surface area contributed by atoms with Gasteiger partial charge in [0.1, 0.15) is 33.1 Å². The maximum atomic E-state index is 12.4. The fraction of sp³-hybridized carbons (Fsp3) is 0.478. The van der Waals surface area contributed by atoms with E-state index in [1.807, 2.05) is 0 Å².